The van der Waals surface area contributed by atoms with E-state index in [-0.39, 0.29) is 17.3 Å². The summed E-state index contributed by atoms with van der Waals surface area (Å²) in [6.07, 6.45) is 0.930. The molecule has 0 aromatic carbocycles. The molecular weight excluding hydrogens is 204 g/mol. The van der Waals surface area contributed by atoms with Crippen molar-refractivity contribution in [1.29, 1.82) is 0 Å². The average Bonchev–Trinajstić information content (AvgIpc) is 2.64. The molecule has 0 aliphatic carbocycles. The quantitative estimate of drug-likeness (QED) is 0.768. The molecule has 1 N–H and O–H groups in total. The first-order valence-corrected chi connectivity index (χ1v) is 5.52. The predicted octanol–water partition coefficient (Wildman–Crippen LogP) is 1.02. The number of aryl methyl sites for hydroxylation is 1. The second-order valence-corrected chi connectivity index (χ2v) is 4.41. The minimum Gasteiger partial charge on any atom is -0.362 e. The summed E-state index contributed by atoms with van der Waals surface area (Å²) in [5.41, 5.74) is 1.87. The number of hydrogen-bond acceptors (Lipinski definition) is 2. The van der Waals surface area contributed by atoms with Gasteiger partial charge in [-0.15, -0.1) is 0 Å². The van der Waals surface area contributed by atoms with Crippen molar-refractivity contribution < 1.29 is 4.79 Å². The Morgan fingerprint density at radius 1 is 1.50 bits per heavy atom. The molecule has 0 unspecified atom stereocenters. The molecule has 1 aliphatic heterocycles. The number of H-pyrrole nitrogens is 1. The first kappa shape index (κ1) is 10.9. The molecule has 4 heteroatoms. The number of hydrogen-bond donors (Lipinski definition) is 1. The average molecular weight is 220 g/mol. The van der Waals surface area contributed by atoms with Gasteiger partial charge in [0.2, 0.25) is 5.91 Å². The molecule has 1 saturated heterocycles. The molecule has 0 bridgehead atoms. The molecule has 0 radical (unpaired) electrons. The molecule has 1 fully saturated rings. The van der Waals surface area contributed by atoms with E-state index in [1.54, 1.807) is 19.1 Å². The summed E-state index contributed by atoms with van der Waals surface area (Å²) >= 11 is 0. The van der Waals surface area contributed by atoms with Crippen LogP contribution in [0, 0.1) is 6.92 Å². The molecular formula is C12H16N2O2. The largest absolute Gasteiger partial charge is 0.362 e. The summed E-state index contributed by atoms with van der Waals surface area (Å²) in [6, 6.07) is 3.22. The highest BCUT2D eigenvalue weighted by atomic mass is 16.2. The van der Waals surface area contributed by atoms with Gasteiger partial charge in [-0.1, -0.05) is 0 Å². The topological polar surface area (TPSA) is 53.2 Å². The normalized spacial score (nSPS) is 20.1. The lowest BCUT2D eigenvalue weighted by atomic mass is 10.0. The van der Waals surface area contributed by atoms with Crippen LogP contribution in [0.4, 0.5) is 0 Å². The van der Waals surface area contributed by atoms with Crippen LogP contribution in [0.2, 0.25) is 0 Å². The Hall–Kier alpha value is -1.58. The molecule has 4 nitrogen and oxygen atoms in total. The van der Waals surface area contributed by atoms with Crippen LogP contribution in [-0.4, -0.2) is 28.9 Å². The van der Waals surface area contributed by atoms with Gasteiger partial charge < -0.3 is 9.88 Å². The lowest BCUT2D eigenvalue weighted by Gasteiger charge is -2.14. The monoisotopic (exact) mass is 220 g/mol. The zero-order chi connectivity index (χ0) is 11.7. The number of rotatable bonds is 1. The predicted molar refractivity (Wildman–Crippen MR) is 61.4 cm³/mol. The summed E-state index contributed by atoms with van der Waals surface area (Å²) < 4.78 is 0. The second kappa shape index (κ2) is 4.12. The van der Waals surface area contributed by atoms with E-state index in [0.717, 1.165) is 24.4 Å². The van der Waals surface area contributed by atoms with Gasteiger partial charge in [0.05, 0.1) is 0 Å². The SMILES string of the molecule is CC(=O)N1CC[C@H](c2cc(=O)cc(C)[nH]2)C1. The molecule has 0 saturated carbocycles. The van der Waals surface area contributed by atoms with Gasteiger partial charge in [-0.25, -0.2) is 0 Å². The van der Waals surface area contributed by atoms with Crippen molar-refractivity contribution >= 4 is 5.91 Å². The number of carbonyl (C=O) groups is 1. The summed E-state index contributed by atoms with van der Waals surface area (Å²) in [6.45, 7) is 4.97. The third-order valence-electron chi connectivity index (χ3n) is 3.07. The second-order valence-electron chi connectivity index (χ2n) is 4.41. The highest BCUT2D eigenvalue weighted by molar-refractivity contribution is 5.73. The number of pyridine rings is 1. The van der Waals surface area contributed by atoms with Crippen LogP contribution in [0.15, 0.2) is 16.9 Å². The van der Waals surface area contributed by atoms with Crippen LogP contribution < -0.4 is 5.43 Å². The fraction of sp³-hybridized carbons (Fsp3) is 0.500. The molecule has 1 aromatic rings. The Labute approximate surface area is 94.3 Å². The minimum atomic E-state index is 0.0347. The Balaban J connectivity index is 2.20. The summed E-state index contributed by atoms with van der Waals surface area (Å²) in [7, 11) is 0. The maximum absolute atomic E-state index is 11.4. The molecule has 0 spiro atoms. The number of aromatic nitrogens is 1. The number of likely N-dealkylation sites (tertiary alicyclic amines) is 1. The lowest BCUT2D eigenvalue weighted by molar-refractivity contribution is -0.127. The maximum atomic E-state index is 11.4. The number of carbonyl (C=O) groups excluding carboxylic acids is 1. The molecule has 1 aromatic heterocycles. The molecule has 1 aliphatic rings. The fourth-order valence-corrected chi connectivity index (χ4v) is 2.23. The van der Waals surface area contributed by atoms with E-state index in [9.17, 15) is 9.59 Å². The van der Waals surface area contributed by atoms with E-state index in [0.29, 0.717) is 6.54 Å². The third-order valence-corrected chi connectivity index (χ3v) is 3.07. The van der Waals surface area contributed by atoms with Crippen molar-refractivity contribution in [3.8, 4) is 0 Å². The summed E-state index contributed by atoms with van der Waals surface area (Å²) in [4.78, 5) is 27.6. The highest BCUT2D eigenvalue weighted by Gasteiger charge is 2.25. The molecule has 86 valence electrons. The Bertz CT molecular complexity index is 464. The van der Waals surface area contributed by atoms with Crippen molar-refractivity contribution in [2.45, 2.75) is 26.2 Å². The number of amides is 1. The standard InChI is InChI=1S/C12H16N2O2/c1-8-5-11(16)6-12(13-8)10-3-4-14(7-10)9(2)15/h5-6,10H,3-4,7H2,1-2H3,(H,13,16)/t10-/m0/s1. The van der Waals surface area contributed by atoms with Gasteiger partial charge in [0.15, 0.2) is 5.43 Å². The molecule has 16 heavy (non-hydrogen) atoms. The first-order chi connectivity index (χ1) is 7.56. The summed E-state index contributed by atoms with van der Waals surface area (Å²) in [5.74, 6) is 0.383. The Morgan fingerprint density at radius 2 is 2.25 bits per heavy atom. The van der Waals surface area contributed by atoms with Gasteiger partial charge in [0.1, 0.15) is 0 Å². The van der Waals surface area contributed by atoms with Gasteiger partial charge >= 0.3 is 0 Å². The van der Waals surface area contributed by atoms with Crippen LogP contribution in [0.3, 0.4) is 0 Å². The lowest BCUT2D eigenvalue weighted by Crippen LogP contribution is -2.25. The van der Waals surface area contributed by atoms with Gasteiger partial charge in [-0.3, -0.25) is 9.59 Å². The highest BCUT2D eigenvalue weighted by Crippen LogP contribution is 2.25. The minimum absolute atomic E-state index is 0.0347. The molecule has 1 atom stereocenters. The van der Waals surface area contributed by atoms with Gasteiger partial charge in [-0.05, 0) is 13.3 Å². The van der Waals surface area contributed by atoms with Crippen molar-refractivity contribution in [1.82, 2.24) is 9.88 Å². The van der Waals surface area contributed by atoms with E-state index in [1.165, 1.54) is 0 Å². The zero-order valence-corrected chi connectivity index (χ0v) is 9.62. The van der Waals surface area contributed by atoms with Crippen molar-refractivity contribution in [2.75, 3.05) is 13.1 Å². The Morgan fingerprint density at radius 3 is 2.81 bits per heavy atom. The van der Waals surface area contributed by atoms with Crippen molar-refractivity contribution in [3.05, 3.63) is 33.7 Å². The van der Waals surface area contributed by atoms with Crippen LogP contribution in [0.1, 0.15) is 30.7 Å². The van der Waals surface area contributed by atoms with Gasteiger partial charge in [0, 0.05) is 49.5 Å². The van der Waals surface area contributed by atoms with Crippen LogP contribution in [-0.2, 0) is 4.79 Å². The van der Waals surface area contributed by atoms with Crippen LogP contribution in [0.5, 0.6) is 0 Å². The molecule has 1 amide bonds. The van der Waals surface area contributed by atoms with Crippen LogP contribution in [0.25, 0.3) is 0 Å². The number of aromatic amines is 1. The number of nitrogens with zero attached hydrogens (tertiary/aromatic N) is 1. The van der Waals surface area contributed by atoms with E-state index >= 15 is 0 Å². The zero-order valence-electron chi connectivity index (χ0n) is 9.62. The van der Waals surface area contributed by atoms with Crippen molar-refractivity contribution in [3.63, 3.8) is 0 Å². The third kappa shape index (κ3) is 2.15. The molecule has 2 rings (SSSR count). The van der Waals surface area contributed by atoms with E-state index in [2.05, 4.69) is 4.98 Å². The first-order valence-electron chi connectivity index (χ1n) is 5.52. The molecule has 2 heterocycles. The Kier molecular flexibility index (Phi) is 2.81. The van der Waals surface area contributed by atoms with Gasteiger partial charge in [-0.2, -0.15) is 0 Å². The van der Waals surface area contributed by atoms with Gasteiger partial charge in [0.25, 0.3) is 0 Å². The van der Waals surface area contributed by atoms with E-state index in [4.69, 9.17) is 0 Å². The maximum Gasteiger partial charge on any atom is 0.219 e. The number of nitrogens with one attached hydrogen (secondary N) is 1. The van der Waals surface area contributed by atoms with Crippen molar-refractivity contribution in [2.24, 2.45) is 0 Å². The van der Waals surface area contributed by atoms with Crippen LogP contribution >= 0.6 is 0 Å². The summed E-state index contributed by atoms with van der Waals surface area (Å²) in [5, 5.41) is 0. The van der Waals surface area contributed by atoms with E-state index < -0.39 is 0 Å². The fourth-order valence-electron chi connectivity index (χ4n) is 2.23. The smallest absolute Gasteiger partial charge is 0.219 e. The van der Waals surface area contributed by atoms with E-state index in [1.807, 2.05) is 11.8 Å².